The van der Waals surface area contributed by atoms with Crippen molar-refractivity contribution in [3.63, 3.8) is 0 Å². The highest BCUT2D eigenvalue weighted by Crippen LogP contribution is 2.17. The van der Waals surface area contributed by atoms with Gasteiger partial charge in [0.25, 0.3) is 0 Å². The number of allylic oxidation sites excluding steroid dienone is 1. The molecule has 2 nitrogen and oxygen atoms in total. The van der Waals surface area contributed by atoms with Crippen molar-refractivity contribution in [3.8, 4) is 0 Å². The molecule has 0 aliphatic rings. The summed E-state index contributed by atoms with van der Waals surface area (Å²) in [5.74, 6) is 0.693. The van der Waals surface area contributed by atoms with Crippen molar-refractivity contribution in [3.05, 3.63) is 48.7 Å². The van der Waals surface area contributed by atoms with Gasteiger partial charge in [-0.25, -0.2) is 0 Å². The average molecular weight is 242 g/mol. The molecule has 1 N–H and O–H groups in total. The first kappa shape index (κ1) is 12.9. The van der Waals surface area contributed by atoms with Crippen molar-refractivity contribution in [2.75, 3.05) is 6.54 Å². The Morgan fingerprint density at radius 1 is 1.33 bits per heavy atom. The highest BCUT2D eigenvalue weighted by atomic mass is 14.9. The lowest BCUT2D eigenvalue weighted by molar-refractivity contribution is 0.552. The Morgan fingerprint density at radius 3 is 2.89 bits per heavy atom. The maximum absolute atomic E-state index is 3.80. The maximum atomic E-state index is 3.80. The van der Waals surface area contributed by atoms with E-state index < -0.39 is 0 Å². The van der Waals surface area contributed by atoms with Crippen LogP contribution < -0.4 is 5.32 Å². The van der Waals surface area contributed by atoms with Gasteiger partial charge in [-0.05, 0) is 35.5 Å². The Bertz CT molecular complexity index is 523. The summed E-state index contributed by atoms with van der Waals surface area (Å²) in [7, 11) is 0. The summed E-state index contributed by atoms with van der Waals surface area (Å²) < 4.78 is 2.23. The number of hydrogen-bond acceptors (Lipinski definition) is 1. The van der Waals surface area contributed by atoms with Crippen molar-refractivity contribution < 1.29 is 0 Å². The van der Waals surface area contributed by atoms with Gasteiger partial charge in [0.2, 0.25) is 0 Å². The Hall–Kier alpha value is -1.54. The second kappa shape index (κ2) is 5.87. The molecule has 0 aliphatic carbocycles. The van der Waals surface area contributed by atoms with Crippen molar-refractivity contribution in [2.45, 2.75) is 26.9 Å². The fourth-order valence-corrected chi connectivity index (χ4v) is 2.14. The zero-order valence-electron chi connectivity index (χ0n) is 11.3. The average Bonchev–Trinajstić information content (AvgIpc) is 2.72. The molecule has 0 fully saturated rings. The highest BCUT2D eigenvalue weighted by Gasteiger charge is 2.01. The van der Waals surface area contributed by atoms with Crippen LogP contribution in [0.1, 0.15) is 19.4 Å². The molecule has 0 radical (unpaired) electrons. The molecule has 1 heterocycles. The van der Waals surface area contributed by atoms with E-state index in [-0.39, 0.29) is 0 Å². The summed E-state index contributed by atoms with van der Waals surface area (Å²) >= 11 is 0. The first-order chi connectivity index (χ1) is 8.70. The van der Waals surface area contributed by atoms with Crippen molar-refractivity contribution in [1.82, 2.24) is 9.88 Å². The van der Waals surface area contributed by atoms with E-state index in [1.54, 1.807) is 0 Å². The number of fused-ring (bicyclic) bond motifs is 1. The van der Waals surface area contributed by atoms with Crippen LogP contribution in [0, 0.1) is 5.92 Å². The van der Waals surface area contributed by atoms with Crippen LogP contribution in [-0.2, 0) is 13.1 Å². The zero-order valence-corrected chi connectivity index (χ0v) is 11.3. The van der Waals surface area contributed by atoms with Gasteiger partial charge in [-0.3, -0.25) is 0 Å². The molecular formula is C16H22N2. The van der Waals surface area contributed by atoms with E-state index >= 15 is 0 Å². The van der Waals surface area contributed by atoms with Crippen LogP contribution >= 0.6 is 0 Å². The van der Waals surface area contributed by atoms with Gasteiger partial charge in [0, 0.05) is 24.8 Å². The topological polar surface area (TPSA) is 17.0 Å². The first-order valence-corrected chi connectivity index (χ1v) is 6.60. The van der Waals surface area contributed by atoms with Gasteiger partial charge >= 0.3 is 0 Å². The molecule has 0 saturated carbocycles. The fraction of sp³-hybridized carbons (Fsp3) is 0.375. The highest BCUT2D eigenvalue weighted by molar-refractivity contribution is 5.80. The zero-order chi connectivity index (χ0) is 13.0. The van der Waals surface area contributed by atoms with Crippen LogP contribution in [0.4, 0.5) is 0 Å². The molecule has 2 rings (SSSR count). The van der Waals surface area contributed by atoms with E-state index in [1.165, 1.54) is 16.5 Å². The van der Waals surface area contributed by atoms with Gasteiger partial charge in [0.15, 0.2) is 0 Å². The van der Waals surface area contributed by atoms with Gasteiger partial charge in [0.05, 0.1) is 0 Å². The molecule has 0 spiro atoms. The molecule has 0 bridgehead atoms. The van der Waals surface area contributed by atoms with Crippen LogP contribution in [0.25, 0.3) is 10.9 Å². The minimum atomic E-state index is 0.693. The monoisotopic (exact) mass is 242 g/mol. The summed E-state index contributed by atoms with van der Waals surface area (Å²) in [6.07, 6.45) is 4.06. The molecular weight excluding hydrogens is 220 g/mol. The third-order valence-electron chi connectivity index (χ3n) is 3.05. The summed E-state index contributed by atoms with van der Waals surface area (Å²) in [6.45, 7) is 11.1. The summed E-state index contributed by atoms with van der Waals surface area (Å²) in [5.41, 5.74) is 2.63. The number of hydrogen-bond donors (Lipinski definition) is 1. The number of nitrogens with one attached hydrogen (secondary N) is 1. The van der Waals surface area contributed by atoms with E-state index in [9.17, 15) is 0 Å². The first-order valence-electron chi connectivity index (χ1n) is 6.60. The second-order valence-electron chi connectivity index (χ2n) is 5.17. The van der Waals surface area contributed by atoms with Gasteiger partial charge in [-0.15, -0.1) is 6.58 Å². The molecule has 1 aromatic carbocycles. The normalized spacial score (nSPS) is 11.3. The molecule has 18 heavy (non-hydrogen) atoms. The Kier molecular flexibility index (Phi) is 4.21. The third-order valence-corrected chi connectivity index (χ3v) is 3.05. The minimum Gasteiger partial charge on any atom is -0.344 e. The summed E-state index contributed by atoms with van der Waals surface area (Å²) in [4.78, 5) is 0. The number of rotatable bonds is 6. The van der Waals surface area contributed by atoms with E-state index in [1.807, 2.05) is 6.08 Å². The predicted molar refractivity (Wildman–Crippen MR) is 78.7 cm³/mol. The van der Waals surface area contributed by atoms with Crippen molar-refractivity contribution in [2.24, 2.45) is 5.92 Å². The molecule has 2 aromatic rings. The Morgan fingerprint density at radius 2 is 2.17 bits per heavy atom. The van der Waals surface area contributed by atoms with Crippen molar-refractivity contribution >= 4 is 10.9 Å². The lowest BCUT2D eigenvalue weighted by atomic mass is 10.1. The van der Waals surface area contributed by atoms with Crippen LogP contribution in [0.3, 0.4) is 0 Å². The van der Waals surface area contributed by atoms with Crippen molar-refractivity contribution in [1.29, 1.82) is 0 Å². The molecule has 0 amide bonds. The number of benzene rings is 1. The van der Waals surface area contributed by atoms with E-state index in [4.69, 9.17) is 0 Å². The van der Waals surface area contributed by atoms with Gasteiger partial charge in [-0.1, -0.05) is 32.1 Å². The molecule has 2 heteroatoms. The molecule has 96 valence electrons. The van der Waals surface area contributed by atoms with Crippen LogP contribution in [0.2, 0.25) is 0 Å². The lowest BCUT2D eigenvalue weighted by Gasteiger charge is -2.08. The fourth-order valence-electron chi connectivity index (χ4n) is 2.14. The largest absolute Gasteiger partial charge is 0.344 e. The van der Waals surface area contributed by atoms with E-state index in [0.29, 0.717) is 5.92 Å². The molecule has 0 atom stereocenters. The number of aromatic nitrogens is 1. The lowest BCUT2D eigenvalue weighted by Crippen LogP contribution is -2.18. The molecule has 1 aromatic heterocycles. The quantitative estimate of drug-likeness (QED) is 0.766. The predicted octanol–water partition coefficient (Wildman–Crippen LogP) is 3.57. The molecule has 0 saturated heterocycles. The Labute approximate surface area is 109 Å². The Balaban J connectivity index is 2.14. The smallest absolute Gasteiger partial charge is 0.0486 e. The summed E-state index contributed by atoms with van der Waals surface area (Å²) in [5, 5.41) is 4.78. The van der Waals surface area contributed by atoms with Crippen LogP contribution in [0.15, 0.2) is 43.1 Å². The van der Waals surface area contributed by atoms with Crippen LogP contribution in [-0.4, -0.2) is 11.1 Å². The minimum absolute atomic E-state index is 0.693. The summed E-state index contributed by atoms with van der Waals surface area (Å²) in [6, 6.07) is 8.82. The SMILES string of the molecule is C=CCn1ccc2ccc(CNCC(C)C)cc21. The molecule has 0 aliphatic heterocycles. The second-order valence-corrected chi connectivity index (χ2v) is 5.17. The number of nitrogens with zero attached hydrogens (tertiary/aromatic N) is 1. The van der Waals surface area contributed by atoms with Crippen LogP contribution in [0.5, 0.6) is 0 Å². The van der Waals surface area contributed by atoms with E-state index in [0.717, 1.165) is 19.6 Å². The van der Waals surface area contributed by atoms with Gasteiger partial charge < -0.3 is 9.88 Å². The van der Waals surface area contributed by atoms with E-state index in [2.05, 4.69) is 60.8 Å². The molecule has 0 unspecified atom stereocenters. The van der Waals surface area contributed by atoms with Gasteiger partial charge in [-0.2, -0.15) is 0 Å². The maximum Gasteiger partial charge on any atom is 0.0486 e. The standard InChI is InChI=1S/C16H22N2/c1-4-8-18-9-7-15-6-5-14(10-16(15)18)12-17-11-13(2)3/h4-7,9-10,13,17H,1,8,11-12H2,2-3H3. The van der Waals surface area contributed by atoms with Gasteiger partial charge in [0.1, 0.15) is 0 Å². The third kappa shape index (κ3) is 3.02.